The van der Waals surface area contributed by atoms with Crippen LogP contribution in [0.25, 0.3) is 0 Å². The van der Waals surface area contributed by atoms with Gasteiger partial charge in [0.15, 0.2) is 0 Å². The molecule has 1 aliphatic heterocycles. The van der Waals surface area contributed by atoms with Crippen molar-refractivity contribution < 1.29 is 4.74 Å². The van der Waals surface area contributed by atoms with Crippen LogP contribution in [0.2, 0.25) is 0 Å². The van der Waals surface area contributed by atoms with Crippen molar-refractivity contribution in [1.29, 1.82) is 0 Å². The average Bonchev–Trinajstić information content (AvgIpc) is 2.96. The number of aryl methyl sites for hydroxylation is 2. The molecule has 1 saturated heterocycles. The van der Waals surface area contributed by atoms with Gasteiger partial charge in [0.2, 0.25) is 0 Å². The fourth-order valence-electron chi connectivity index (χ4n) is 3.89. The Balaban J connectivity index is 1.49. The van der Waals surface area contributed by atoms with Crippen LogP contribution in [-0.2, 0) is 0 Å². The number of rotatable bonds is 4. The normalized spacial score (nSPS) is 29.6. The lowest BCUT2D eigenvalue weighted by atomic mass is 9.98. The molecule has 1 saturated carbocycles. The Labute approximate surface area is 122 Å². The summed E-state index contributed by atoms with van der Waals surface area (Å²) in [4.78, 5) is 2.53. The first-order valence-electron chi connectivity index (χ1n) is 7.82. The Kier molecular flexibility index (Phi) is 3.99. The van der Waals surface area contributed by atoms with E-state index in [0.29, 0.717) is 6.04 Å². The van der Waals surface area contributed by atoms with E-state index in [1.807, 2.05) is 0 Å². The second-order valence-corrected chi connectivity index (χ2v) is 6.49. The molecular formula is C17H26N2O. The van der Waals surface area contributed by atoms with Crippen LogP contribution in [0.3, 0.4) is 0 Å². The van der Waals surface area contributed by atoms with Crippen molar-refractivity contribution in [2.24, 2.45) is 17.6 Å². The van der Waals surface area contributed by atoms with Gasteiger partial charge in [0, 0.05) is 25.7 Å². The number of hydrogen-bond acceptors (Lipinski definition) is 3. The largest absolute Gasteiger partial charge is 0.492 e. The van der Waals surface area contributed by atoms with E-state index in [4.69, 9.17) is 10.5 Å². The third-order valence-electron chi connectivity index (χ3n) is 5.05. The highest BCUT2D eigenvalue weighted by atomic mass is 16.5. The van der Waals surface area contributed by atoms with Crippen LogP contribution in [0.15, 0.2) is 18.2 Å². The molecule has 3 atom stereocenters. The van der Waals surface area contributed by atoms with E-state index in [1.165, 1.54) is 37.1 Å². The molecule has 20 heavy (non-hydrogen) atoms. The zero-order valence-electron chi connectivity index (χ0n) is 12.6. The van der Waals surface area contributed by atoms with Crippen molar-refractivity contribution in [3.63, 3.8) is 0 Å². The molecule has 1 aromatic carbocycles. The van der Waals surface area contributed by atoms with Gasteiger partial charge in [-0.2, -0.15) is 0 Å². The Morgan fingerprint density at radius 1 is 1.20 bits per heavy atom. The number of likely N-dealkylation sites (tertiary alicyclic amines) is 1. The number of benzene rings is 1. The van der Waals surface area contributed by atoms with Crippen molar-refractivity contribution in [1.82, 2.24) is 4.90 Å². The number of para-hydroxylation sites is 1. The van der Waals surface area contributed by atoms with Crippen LogP contribution in [0.5, 0.6) is 5.75 Å². The second kappa shape index (κ2) is 5.74. The van der Waals surface area contributed by atoms with Crippen LogP contribution in [0, 0.1) is 25.7 Å². The van der Waals surface area contributed by atoms with Gasteiger partial charge in [-0.1, -0.05) is 18.2 Å². The zero-order valence-corrected chi connectivity index (χ0v) is 12.6. The van der Waals surface area contributed by atoms with E-state index in [1.54, 1.807) is 0 Å². The van der Waals surface area contributed by atoms with E-state index in [2.05, 4.69) is 36.9 Å². The highest BCUT2D eigenvalue weighted by Gasteiger charge is 2.40. The first-order valence-corrected chi connectivity index (χ1v) is 7.82. The summed E-state index contributed by atoms with van der Waals surface area (Å²) in [6.45, 7) is 8.41. The fraction of sp³-hybridized carbons (Fsp3) is 0.647. The molecule has 0 aromatic heterocycles. The molecule has 1 aromatic rings. The lowest BCUT2D eigenvalue weighted by molar-refractivity contribution is 0.224. The van der Waals surface area contributed by atoms with Gasteiger partial charge in [-0.05, 0) is 49.7 Å². The first-order chi connectivity index (χ1) is 9.65. The summed E-state index contributed by atoms with van der Waals surface area (Å²) in [7, 11) is 0. The molecule has 3 rings (SSSR count). The van der Waals surface area contributed by atoms with Gasteiger partial charge >= 0.3 is 0 Å². The van der Waals surface area contributed by atoms with Crippen LogP contribution in [-0.4, -0.2) is 37.2 Å². The number of hydrogen-bond donors (Lipinski definition) is 1. The monoisotopic (exact) mass is 274 g/mol. The number of ether oxygens (including phenoxy) is 1. The molecule has 3 nitrogen and oxygen atoms in total. The summed E-state index contributed by atoms with van der Waals surface area (Å²) in [6, 6.07) is 6.74. The van der Waals surface area contributed by atoms with E-state index < -0.39 is 0 Å². The maximum absolute atomic E-state index is 6.18. The van der Waals surface area contributed by atoms with Crippen molar-refractivity contribution >= 4 is 0 Å². The topological polar surface area (TPSA) is 38.5 Å². The highest BCUT2D eigenvalue weighted by molar-refractivity contribution is 5.39. The van der Waals surface area contributed by atoms with Crippen molar-refractivity contribution in [3.8, 4) is 5.75 Å². The molecular weight excluding hydrogens is 248 g/mol. The minimum atomic E-state index is 0.435. The standard InChI is InChI=1S/C17H26N2O/c1-12-4-3-5-13(2)17(12)20-9-8-19-10-14-6-7-16(18)15(14)11-19/h3-5,14-16H,6-11,18H2,1-2H3. The number of nitrogens with zero attached hydrogens (tertiary/aromatic N) is 1. The van der Waals surface area contributed by atoms with E-state index >= 15 is 0 Å². The van der Waals surface area contributed by atoms with Crippen LogP contribution in [0.4, 0.5) is 0 Å². The Hall–Kier alpha value is -1.06. The van der Waals surface area contributed by atoms with E-state index in [0.717, 1.165) is 30.7 Å². The predicted octanol–water partition coefficient (Wildman–Crippen LogP) is 2.35. The Bertz CT molecular complexity index is 454. The molecule has 0 radical (unpaired) electrons. The fourth-order valence-corrected chi connectivity index (χ4v) is 3.89. The van der Waals surface area contributed by atoms with Gasteiger partial charge in [-0.3, -0.25) is 4.90 Å². The lowest BCUT2D eigenvalue weighted by Crippen LogP contribution is -2.32. The molecule has 2 aliphatic rings. The Morgan fingerprint density at radius 2 is 1.95 bits per heavy atom. The van der Waals surface area contributed by atoms with Gasteiger partial charge in [-0.15, -0.1) is 0 Å². The average molecular weight is 274 g/mol. The second-order valence-electron chi connectivity index (χ2n) is 6.49. The molecule has 0 spiro atoms. The molecule has 3 unspecified atom stereocenters. The van der Waals surface area contributed by atoms with Gasteiger partial charge in [0.25, 0.3) is 0 Å². The zero-order chi connectivity index (χ0) is 14.1. The summed E-state index contributed by atoms with van der Waals surface area (Å²) in [5, 5.41) is 0. The summed E-state index contributed by atoms with van der Waals surface area (Å²) in [6.07, 6.45) is 2.54. The van der Waals surface area contributed by atoms with Crippen LogP contribution in [0.1, 0.15) is 24.0 Å². The van der Waals surface area contributed by atoms with Crippen LogP contribution >= 0.6 is 0 Å². The summed E-state index contributed by atoms with van der Waals surface area (Å²) >= 11 is 0. The molecule has 2 fully saturated rings. The quantitative estimate of drug-likeness (QED) is 0.916. The molecule has 110 valence electrons. The van der Waals surface area contributed by atoms with Crippen LogP contribution < -0.4 is 10.5 Å². The molecule has 1 aliphatic carbocycles. The smallest absolute Gasteiger partial charge is 0.125 e. The highest BCUT2D eigenvalue weighted by Crippen LogP contribution is 2.36. The molecule has 0 bridgehead atoms. The maximum Gasteiger partial charge on any atom is 0.125 e. The third-order valence-corrected chi connectivity index (χ3v) is 5.05. The van der Waals surface area contributed by atoms with Gasteiger partial charge in [0.1, 0.15) is 12.4 Å². The minimum absolute atomic E-state index is 0.435. The van der Waals surface area contributed by atoms with Gasteiger partial charge < -0.3 is 10.5 Å². The number of fused-ring (bicyclic) bond motifs is 1. The summed E-state index contributed by atoms with van der Waals surface area (Å²) in [5.41, 5.74) is 8.64. The predicted molar refractivity (Wildman–Crippen MR) is 82.0 cm³/mol. The SMILES string of the molecule is Cc1cccc(C)c1OCCN1CC2CCC(N)C2C1. The minimum Gasteiger partial charge on any atom is -0.492 e. The van der Waals surface area contributed by atoms with Gasteiger partial charge in [0.05, 0.1) is 0 Å². The maximum atomic E-state index is 6.18. The lowest BCUT2D eigenvalue weighted by Gasteiger charge is -2.19. The molecule has 3 heteroatoms. The summed E-state index contributed by atoms with van der Waals surface area (Å²) in [5.74, 6) is 2.63. The summed E-state index contributed by atoms with van der Waals surface area (Å²) < 4.78 is 6.01. The number of nitrogens with two attached hydrogens (primary N) is 1. The molecule has 0 amide bonds. The molecule has 2 N–H and O–H groups in total. The van der Waals surface area contributed by atoms with E-state index in [-0.39, 0.29) is 0 Å². The third kappa shape index (κ3) is 2.70. The Morgan fingerprint density at radius 3 is 2.65 bits per heavy atom. The van der Waals surface area contributed by atoms with Crippen molar-refractivity contribution in [2.75, 3.05) is 26.2 Å². The van der Waals surface area contributed by atoms with Gasteiger partial charge in [-0.25, -0.2) is 0 Å². The van der Waals surface area contributed by atoms with Crippen molar-refractivity contribution in [2.45, 2.75) is 32.7 Å². The van der Waals surface area contributed by atoms with Crippen molar-refractivity contribution in [3.05, 3.63) is 29.3 Å². The molecule has 1 heterocycles. The first kappa shape index (κ1) is 13.9. The van der Waals surface area contributed by atoms with E-state index in [9.17, 15) is 0 Å².